The lowest BCUT2D eigenvalue weighted by atomic mass is 10.2. The first-order valence-corrected chi connectivity index (χ1v) is 14.2. The molecule has 2 amide bonds. The summed E-state index contributed by atoms with van der Waals surface area (Å²) in [5, 5.41) is 3.55. The van der Waals surface area contributed by atoms with E-state index in [0.29, 0.717) is 16.5 Å². The normalized spacial score (nSPS) is 16.9. The van der Waals surface area contributed by atoms with Gasteiger partial charge in [-0.2, -0.15) is 0 Å². The maximum absolute atomic E-state index is 13.4. The number of hydrogen-bond acceptors (Lipinski definition) is 5. The average Bonchev–Trinajstić information content (AvgIpc) is 2.95. The number of thioether (sulfide) groups is 1. The molecule has 3 aromatic carbocycles. The third-order valence-corrected chi connectivity index (χ3v) is 8.28. The van der Waals surface area contributed by atoms with Gasteiger partial charge in [0.05, 0.1) is 10.6 Å². The van der Waals surface area contributed by atoms with E-state index in [-0.39, 0.29) is 24.2 Å². The number of halogens is 2. The third kappa shape index (κ3) is 6.82. The number of nitrogens with zero attached hydrogens (tertiary/aromatic N) is 3. The molecule has 6 nitrogen and oxygen atoms in total. The molecule has 0 aliphatic carbocycles. The van der Waals surface area contributed by atoms with Crippen molar-refractivity contribution in [3.05, 3.63) is 94.1 Å². The molecule has 3 aromatic rings. The molecule has 0 spiro atoms. The van der Waals surface area contributed by atoms with E-state index >= 15 is 0 Å². The van der Waals surface area contributed by atoms with E-state index in [1.807, 2.05) is 54.6 Å². The summed E-state index contributed by atoms with van der Waals surface area (Å²) in [7, 11) is 0. The third-order valence-electron chi connectivity index (χ3n) is 6.86. The van der Waals surface area contributed by atoms with Gasteiger partial charge in [0.2, 0.25) is 5.91 Å². The number of carbonyl (C=O) groups excluding carboxylic acids is 2. The number of amides is 2. The van der Waals surface area contributed by atoms with E-state index in [4.69, 9.17) is 11.6 Å². The molecular formula is C30H30ClFN4O2S. The first-order valence-electron chi connectivity index (χ1n) is 13.0. The van der Waals surface area contributed by atoms with Crippen LogP contribution in [0.15, 0.2) is 82.6 Å². The molecular weight excluding hydrogens is 535 g/mol. The summed E-state index contributed by atoms with van der Waals surface area (Å²) in [5.74, 6) is -0.628. The molecule has 0 atom stereocenters. The minimum atomic E-state index is -0.221. The predicted octanol–water partition coefficient (Wildman–Crippen LogP) is 5.29. The van der Waals surface area contributed by atoms with Crippen molar-refractivity contribution in [2.24, 2.45) is 0 Å². The van der Waals surface area contributed by atoms with Crippen molar-refractivity contribution in [3.8, 4) is 0 Å². The average molecular weight is 565 g/mol. The Morgan fingerprint density at radius 1 is 0.974 bits per heavy atom. The summed E-state index contributed by atoms with van der Waals surface area (Å²) in [6.45, 7) is 4.98. The standard InChI is InChI=1S/C30H30ClFN4O2S/c31-25-7-2-1-6-22(25)20-28-30(38)36(26-8-3-4-9-27(26)39-28)21-29(37)33-14-5-15-34-16-18-35(19-17-34)24-12-10-23(32)11-13-24/h1-4,6-13,20H,5,14-19,21H2,(H,33,37)/b28-20-. The van der Waals surface area contributed by atoms with Crippen LogP contribution in [0.25, 0.3) is 6.08 Å². The molecule has 0 unspecified atom stereocenters. The van der Waals surface area contributed by atoms with Crippen molar-refractivity contribution in [2.45, 2.75) is 11.3 Å². The summed E-state index contributed by atoms with van der Waals surface area (Å²) in [5.41, 5.74) is 2.54. The quantitative estimate of drug-likeness (QED) is 0.298. The molecule has 0 aromatic heterocycles. The minimum Gasteiger partial charge on any atom is -0.369 e. The number of para-hydroxylation sites is 1. The number of hydrogen-bond donors (Lipinski definition) is 1. The molecule has 5 rings (SSSR count). The molecule has 0 saturated carbocycles. The molecule has 1 saturated heterocycles. The number of benzene rings is 3. The lowest BCUT2D eigenvalue weighted by Gasteiger charge is -2.36. The Kier molecular flexibility index (Phi) is 8.86. The van der Waals surface area contributed by atoms with Crippen LogP contribution in [0, 0.1) is 5.82 Å². The second-order valence-corrected chi connectivity index (χ2v) is 11.0. The first-order chi connectivity index (χ1) is 19.0. The van der Waals surface area contributed by atoms with Crippen molar-refractivity contribution in [3.63, 3.8) is 0 Å². The van der Waals surface area contributed by atoms with E-state index in [9.17, 15) is 14.0 Å². The van der Waals surface area contributed by atoms with Crippen LogP contribution in [-0.4, -0.2) is 62.5 Å². The zero-order chi connectivity index (χ0) is 27.2. The number of rotatable bonds is 8. The molecule has 0 radical (unpaired) electrons. The van der Waals surface area contributed by atoms with Gasteiger partial charge in [-0.05, 0) is 67.1 Å². The molecule has 2 aliphatic rings. The highest BCUT2D eigenvalue weighted by Gasteiger charge is 2.30. The smallest absolute Gasteiger partial charge is 0.265 e. The number of carbonyl (C=O) groups is 2. The van der Waals surface area contributed by atoms with Gasteiger partial charge in [-0.3, -0.25) is 19.4 Å². The molecule has 1 N–H and O–H groups in total. The fourth-order valence-corrected chi connectivity index (χ4v) is 6.00. The van der Waals surface area contributed by atoms with Gasteiger partial charge >= 0.3 is 0 Å². The van der Waals surface area contributed by atoms with Crippen molar-refractivity contribution in [1.29, 1.82) is 0 Å². The summed E-state index contributed by atoms with van der Waals surface area (Å²) in [6.07, 6.45) is 2.60. The molecule has 9 heteroatoms. The Bertz CT molecular complexity index is 1360. The Morgan fingerprint density at radius 3 is 2.46 bits per heavy atom. The molecule has 2 aliphatic heterocycles. The van der Waals surface area contributed by atoms with Crippen LogP contribution in [0.5, 0.6) is 0 Å². The van der Waals surface area contributed by atoms with Gasteiger partial charge in [0.25, 0.3) is 5.91 Å². The molecule has 202 valence electrons. The van der Waals surface area contributed by atoms with E-state index in [2.05, 4.69) is 15.1 Å². The van der Waals surface area contributed by atoms with Crippen LogP contribution in [0.1, 0.15) is 12.0 Å². The zero-order valence-corrected chi connectivity index (χ0v) is 23.1. The highest BCUT2D eigenvalue weighted by Crippen LogP contribution is 2.42. The van der Waals surface area contributed by atoms with E-state index in [1.54, 1.807) is 17.0 Å². The number of fused-ring (bicyclic) bond motifs is 1. The second-order valence-electron chi connectivity index (χ2n) is 9.50. The second kappa shape index (κ2) is 12.7. The largest absolute Gasteiger partial charge is 0.369 e. The predicted molar refractivity (Wildman–Crippen MR) is 157 cm³/mol. The number of nitrogens with one attached hydrogen (secondary N) is 1. The van der Waals surface area contributed by atoms with Crippen LogP contribution in [0.4, 0.5) is 15.8 Å². The topological polar surface area (TPSA) is 55.9 Å². The fraction of sp³-hybridized carbons (Fsp3) is 0.267. The van der Waals surface area contributed by atoms with Gasteiger partial charge in [0.15, 0.2) is 0 Å². The van der Waals surface area contributed by atoms with Crippen LogP contribution >= 0.6 is 23.4 Å². The summed E-state index contributed by atoms with van der Waals surface area (Å²) in [4.78, 5) is 33.9. The molecule has 1 fully saturated rings. The molecule has 2 heterocycles. The monoisotopic (exact) mass is 564 g/mol. The fourth-order valence-electron chi connectivity index (χ4n) is 4.76. The SMILES string of the molecule is O=C(CN1C(=O)/C(=C/c2ccccc2Cl)Sc2ccccc21)NCCCN1CCN(c2ccc(F)cc2)CC1. The Hall–Kier alpha value is -3.33. The first kappa shape index (κ1) is 27.2. The summed E-state index contributed by atoms with van der Waals surface area (Å²) >= 11 is 7.71. The van der Waals surface area contributed by atoms with Crippen LogP contribution in [0.2, 0.25) is 5.02 Å². The highest BCUT2D eigenvalue weighted by molar-refractivity contribution is 8.04. The van der Waals surface area contributed by atoms with E-state index in [0.717, 1.165) is 61.0 Å². The highest BCUT2D eigenvalue weighted by atomic mass is 35.5. The Balaban J connectivity index is 1.12. The van der Waals surface area contributed by atoms with Crippen molar-refractivity contribution >= 4 is 52.6 Å². The minimum absolute atomic E-state index is 0.0490. The van der Waals surface area contributed by atoms with Crippen LogP contribution < -0.4 is 15.1 Å². The maximum Gasteiger partial charge on any atom is 0.265 e. The van der Waals surface area contributed by atoms with Gasteiger partial charge in [-0.25, -0.2) is 4.39 Å². The lowest BCUT2D eigenvalue weighted by molar-refractivity contribution is -0.122. The van der Waals surface area contributed by atoms with Crippen molar-refractivity contribution < 1.29 is 14.0 Å². The van der Waals surface area contributed by atoms with Gasteiger partial charge in [-0.15, -0.1) is 0 Å². The van der Waals surface area contributed by atoms with Gasteiger partial charge in [0.1, 0.15) is 12.4 Å². The van der Waals surface area contributed by atoms with Gasteiger partial charge < -0.3 is 10.2 Å². The summed E-state index contributed by atoms with van der Waals surface area (Å²) < 4.78 is 13.2. The lowest BCUT2D eigenvalue weighted by Crippen LogP contribution is -2.47. The summed E-state index contributed by atoms with van der Waals surface area (Å²) in [6, 6.07) is 21.6. The van der Waals surface area contributed by atoms with Gasteiger partial charge in [-0.1, -0.05) is 53.7 Å². The van der Waals surface area contributed by atoms with E-state index in [1.165, 1.54) is 23.9 Å². The van der Waals surface area contributed by atoms with Crippen LogP contribution in [-0.2, 0) is 9.59 Å². The number of piperazine rings is 1. The molecule has 39 heavy (non-hydrogen) atoms. The van der Waals surface area contributed by atoms with Crippen LogP contribution in [0.3, 0.4) is 0 Å². The Labute approximate surface area is 237 Å². The van der Waals surface area contributed by atoms with Gasteiger partial charge in [0, 0.05) is 48.3 Å². The van der Waals surface area contributed by atoms with E-state index < -0.39 is 0 Å². The zero-order valence-electron chi connectivity index (χ0n) is 21.5. The van der Waals surface area contributed by atoms with Crippen molar-refractivity contribution in [2.75, 3.05) is 55.6 Å². The van der Waals surface area contributed by atoms with Crippen molar-refractivity contribution in [1.82, 2.24) is 10.2 Å². The molecule has 0 bridgehead atoms. The Morgan fingerprint density at radius 2 is 1.69 bits per heavy atom. The maximum atomic E-state index is 13.4. The number of anilines is 2.